The Morgan fingerprint density at radius 1 is 1.16 bits per heavy atom. The molecule has 162 valence electrons. The number of aromatic nitrogens is 4. The van der Waals surface area contributed by atoms with Crippen LogP contribution in [0.3, 0.4) is 0 Å². The van der Waals surface area contributed by atoms with E-state index in [0.717, 1.165) is 56.1 Å². The molecule has 4 heterocycles. The molecule has 0 radical (unpaired) electrons. The first-order valence-electron chi connectivity index (χ1n) is 10.9. The largest absolute Gasteiger partial charge is 0.453 e. The van der Waals surface area contributed by atoms with Gasteiger partial charge in [-0.3, -0.25) is 9.89 Å². The summed E-state index contributed by atoms with van der Waals surface area (Å²) in [7, 11) is 0. The summed E-state index contributed by atoms with van der Waals surface area (Å²) in [5.74, 6) is 2.31. The van der Waals surface area contributed by atoms with Gasteiger partial charge in [-0.15, -0.1) is 0 Å². The van der Waals surface area contributed by atoms with Crippen LogP contribution in [0.5, 0.6) is 0 Å². The van der Waals surface area contributed by atoms with E-state index in [4.69, 9.17) is 4.42 Å². The molecule has 4 aromatic rings. The lowest BCUT2D eigenvalue weighted by Crippen LogP contribution is -2.31. The molecule has 0 saturated carbocycles. The van der Waals surface area contributed by atoms with Crippen LogP contribution in [0.4, 0.5) is 5.82 Å². The minimum atomic E-state index is -0.259. The topological polar surface area (TPSA) is 99.6 Å². The molecular formula is C24H23N5O2S. The lowest BCUT2D eigenvalue weighted by atomic mass is 9.73. The summed E-state index contributed by atoms with van der Waals surface area (Å²) in [6.07, 6.45) is 3.21. The quantitative estimate of drug-likeness (QED) is 0.385. The van der Waals surface area contributed by atoms with Crippen molar-refractivity contribution in [2.24, 2.45) is 11.8 Å². The Hall–Kier alpha value is -3.26. The number of fused-ring (bicyclic) bond motifs is 2. The molecule has 1 aliphatic heterocycles. The smallest absolute Gasteiger partial charge is 0.174 e. The number of ketones is 1. The van der Waals surface area contributed by atoms with Crippen molar-refractivity contribution in [2.45, 2.75) is 42.9 Å². The number of aromatic amines is 2. The van der Waals surface area contributed by atoms with Gasteiger partial charge in [-0.05, 0) is 54.3 Å². The van der Waals surface area contributed by atoms with E-state index in [-0.39, 0.29) is 11.7 Å². The normalized spacial score (nSPS) is 20.5. The van der Waals surface area contributed by atoms with E-state index >= 15 is 0 Å². The molecule has 2 unspecified atom stereocenters. The standard InChI is InChI=1S/C24H23N5O2S/c1-12(2)13-9-17-22(18(30)10-13)21(14-11-25-29-23(14)26-17)19-7-8-20(31-19)32-24-27-15-5-3-4-6-16(15)28-24/h3-8,11-13,21H,9-10H2,1-2H3,(H,27,28)(H2,25,26,29). The van der Waals surface area contributed by atoms with Gasteiger partial charge in [0.15, 0.2) is 16.0 Å². The average Bonchev–Trinajstić information content (AvgIpc) is 3.51. The van der Waals surface area contributed by atoms with Gasteiger partial charge in [-0.2, -0.15) is 5.10 Å². The fourth-order valence-corrected chi connectivity index (χ4v) is 5.49. The molecule has 0 bridgehead atoms. The Kier molecular flexibility index (Phi) is 4.50. The number of H-pyrrole nitrogens is 2. The number of carbonyl (C=O) groups excluding carboxylic acids is 1. The summed E-state index contributed by atoms with van der Waals surface area (Å²) in [4.78, 5) is 21.2. The number of carbonyl (C=O) groups is 1. The number of benzene rings is 1. The number of hydrogen-bond acceptors (Lipinski definition) is 6. The van der Waals surface area contributed by atoms with E-state index in [1.807, 2.05) is 36.4 Å². The van der Waals surface area contributed by atoms with Crippen LogP contribution in [-0.4, -0.2) is 25.9 Å². The predicted octanol–water partition coefficient (Wildman–Crippen LogP) is 5.48. The molecule has 0 amide bonds. The number of nitrogens with one attached hydrogen (secondary N) is 3. The van der Waals surface area contributed by atoms with Gasteiger partial charge in [-0.25, -0.2) is 4.98 Å². The highest BCUT2D eigenvalue weighted by molar-refractivity contribution is 7.99. The molecule has 6 rings (SSSR count). The van der Waals surface area contributed by atoms with Crippen LogP contribution in [0.1, 0.15) is 43.9 Å². The van der Waals surface area contributed by atoms with Crippen molar-refractivity contribution in [1.29, 1.82) is 0 Å². The maximum atomic E-state index is 13.3. The zero-order chi connectivity index (χ0) is 21.8. The molecule has 0 saturated heterocycles. The molecule has 2 aliphatic rings. The summed E-state index contributed by atoms with van der Waals surface area (Å²) in [6, 6.07) is 11.8. The third kappa shape index (κ3) is 3.17. The Morgan fingerprint density at radius 2 is 2.03 bits per heavy atom. The van der Waals surface area contributed by atoms with Crippen LogP contribution in [0.25, 0.3) is 11.0 Å². The number of nitrogens with zero attached hydrogens (tertiary/aromatic N) is 2. The SMILES string of the molecule is CC(C)C1CC(=O)C2=C(C1)Nc1[nH]ncc1C2c1ccc(Sc2nc3ccccc3[nH]2)o1. The highest BCUT2D eigenvalue weighted by Crippen LogP contribution is 2.47. The first kappa shape index (κ1) is 19.4. The highest BCUT2D eigenvalue weighted by Gasteiger charge is 2.40. The zero-order valence-corrected chi connectivity index (χ0v) is 18.6. The Balaban J connectivity index is 1.36. The van der Waals surface area contributed by atoms with Gasteiger partial charge in [0.1, 0.15) is 11.6 Å². The van der Waals surface area contributed by atoms with Crippen molar-refractivity contribution in [3.63, 3.8) is 0 Å². The number of furan rings is 1. The van der Waals surface area contributed by atoms with E-state index < -0.39 is 0 Å². The summed E-state index contributed by atoms with van der Waals surface area (Å²) in [5, 5.41) is 12.2. The van der Waals surface area contributed by atoms with Crippen LogP contribution < -0.4 is 5.32 Å². The number of allylic oxidation sites excluding steroid dienone is 2. The Bertz CT molecular complexity index is 1330. The molecule has 0 fully saturated rings. The number of Topliss-reactive ketones (excluding diaryl/α,β-unsaturated/α-hetero) is 1. The van der Waals surface area contributed by atoms with E-state index in [1.54, 1.807) is 6.20 Å². The minimum Gasteiger partial charge on any atom is -0.453 e. The van der Waals surface area contributed by atoms with Crippen LogP contribution in [-0.2, 0) is 4.79 Å². The van der Waals surface area contributed by atoms with Crippen molar-refractivity contribution >= 4 is 34.4 Å². The van der Waals surface area contributed by atoms with Gasteiger partial charge < -0.3 is 14.7 Å². The molecule has 8 heteroatoms. The van der Waals surface area contributed by atoms with E-state index in [1.165, 1.54) is 11.8 Å². The number of rotatable bonds is 4. The molecule has 0 spiro atoms. The predicted molar refractivity (Wildman–Crippen MR) is 123 cm³/mol. The number of para-hydroxylation sites is 2. The zero-order valence-electron chi connectivity index (χ0n) is 17.8. The first-order valence-corrected chi connectivity index (χ1v) is 11.7. The van der Waals surface area contributed by atoms with Gasteiger partial charge in [0.25, 0.3) is 0 Å². The maximum Gasteiger partial charge on any atom is 0.174 e. The van der Waals surface area contributed by atoms with Gasteiger partial charge in [-0.1, -0.05) is 26.0 Å². The van der Waals surface area contributed by atoms with Crippen LogP contribution in [0.15, 0.2) is 68.5 Å². The fourth-order valence-electron chi connectivity index (χ4n) is 4.72. The monoisotopic (exact) mass is 445 g/mol. The summed E-state index contributed by atoms with van der Waals surface area (Å²) >= 11 is 1.44. The number of imidazole rings is 1. The maximum absolute atomic E-state index is 13.3. The third-order valence-corrected chi connectivity index (χ3v) is 7.29. The molecule has 2 atom stereocenters. The van der Waals surface area contributed by atoms with Gasteiger partial charge in [0, 0.05) is 23.3 Å². The molecule has 3 N–H and O–H groups in total. The number of hydrogen-bond donors (Lipinski definition) is 3. The Morgan fingerprint density at radius 3 is 2.88 bits per heavy atom. The third-order valence-electron chi connectivity index (χ3n) is 6.48. The summed E-state index contributed by atoms with van der Waals surface area (Å²) in [5.41, 5.74) is 4.65. The number of anilines is 1. The van der Waals surface area contributed by atoms with Crippen LogP contribution in [0, 0.1) is 11.8 Å². The lowest BCUT2D eigenvalue weighted by Gasteiger charge is -2.35. The van der Waals surface area contributed by atoms with Crippen molar-refractivity contribution in [3.05, 3.63) is 65.2 Å². The minimum absolute atomic E-state index is 0.192. The lowest BCUT2D eigenvalue weighted by molar-refractivity contribution is -0.117. The second-order valence-electron chi connectivity index (χ2n) is 8.80. The van der Waals surface area contributed by atoms with E-state index in [0.29, 0.717) is 18.3 Å². The second-order valence-corrected chi connectivity index (χ2v) is 9.80. The van der Waals surface area contributed by atoms with E-state index in [2.05, 4.69) is 39.3 Å². The van der Waals surface area contributed by atoms with Crippen molar-refractivity contribution in [1.82, 2.24) is 20.2 Å². The van der Waals surface area contributed by atoms with Crippen molar-refractivity contribution in [3.8, 4) is 0 Å². The molecular weight excluding hydrogens is 422 g/mol. The Labute approximate surface area is 189 Å². The van der Waals surface area contributed by atoms with Crippen molar-refractivity contribution < 1.29 is 9.21 Å². The highest BCUT2D eigenvalue weighted by atomic mass is 32.2. The molecule has 7 nitrogen and oxygen atoms in total. The van der Waals surface area contributed by atoms with E-state index in [9.17, 15) is 4.79 Å². The van der Waals surface area contributed by atoms with Crippen LogP contribution in [0.2, 0.25) is 0 Å². The van der Waals surface area contributed by atoms with Gasteiger partial charge in [0.05, 0.1) is 23.1 Å². The first-order chi connectivity index (χ1) is 15.6. The van der Waals surface area contributed by atoms with Gasteiger partial charge >= 0.3 is 0 Å². The van der Waals surface area contributed by atoms with Gasteiger partial charge in [0.2, 0.25) is 0 Å². The van der Waals surface area contributed by atoms with Crippen molar-refractivity contribution in [2.75, 3.05) is 5.32 Å². The molecule has 32 heavy (non-hydrogen) atoms. The summed E-state index contributed by atoms with van der Waals surface area (Å²) < 4.78 is 6.27. The molecule has 3 aromatic heterocycles. The average molecular weight is 446 g/mol. The molecule has 1 aromatic carbocycles. The molecule has 1 aliphatic carbocycles. The van der Waals surface area contributed by atoms with Crippen LogP contribution >= 0.6 is 11.8 Å². The summed E-state index contributed by atoms with van der Waals surface area (Å²) in [6.45, 7) is 4.36. The second kappa shape index (κ2) is 7.41. The fraction of sp³-hybridized carbons (Fsp3) is 0.292.